The Balaban J connectivity index is 1.66. The van der Waals surface area contributed by atoms with Crippen LogP contribution in [-0.2, 0) is 0 Å². The van der Waals surface area contributed by atoms with E-state index < -0.39 is 0 Å². The lowest BCUT2D eigenvalue weighted by molar-refractivity contribution is 0.258. The second-order valence-corrected chi connectivity index (χ2v) is 4.39. The van der Waals surface area contributed by atoms with E-state index in [-0.39, 0.29) is 5.43 Å². The highest BCUT2D eigenvalue weighted by molar-refractivity contribution is 5.23. The maximum absolute atomic E-state index is 11.5. The van der Waals surface area contributed by atoms with Gasteiger partial charge in [0, 0.05) is 6.07 Å². The molecule has 0 saturated heterocycles. The minimum Gasteiger partial charge on any atom is -0.494 e. The molecule has 0 atom stereocenters. The summed E-state index contributed by atoms with van der Waals surface area (Å²) in [6.45, 7) is 2.83. The fourth-order valence-corrected chi connectivity index (χ4v) is 1.76. The molecule has 1 heterocycles. The zero-order chi connectivity index (χ0) is 14.2. The molecule has 2 rings (SSSR count). The summed E-state index contributed by atoms with van der Waals surface area (Å²) in [5.41, 5.74) is -0.144. The number of para-hydroxylation sites is 1. The first kappa shape index (κ1) is 14.2. The van der Waals surface area contributed by atoms with Gasteiger partial charge in [0.25, 0.3) is 0 Å². The van der Waals surface area contributed by atoms with Crippen molar-refractivity contribution in [2.24, 2.45) is 0 Å². The summed E-state index contributed by atoms with van der Waals surface area (Å²) in [5, 5.41) is 0. The Morgan fingerprint density at radius 2 is 1.70 bits per heavy atom. The van der Waals surface area contributed by atoms with Gasteiger partial charge in [-0.15, -0.1) is 0 Å². The third kappa shape index (κ3) is 4.16. The molecular weight excluding hydrogens is 256 g/mol. The first-order valence-corrected chi connectivity index (χ1v) is 6.66. The second kappa shape index (κ2) is 7.38. The summed E-state index contributed by atoms with van der Waals surface area (Å²) in [6.07, 6.45) is 3.06. The predicted molar refractivity (Wildman–Crippen MR) is 76.4 cm³/mol. The van der Waals surface area contributed by atoms with E-state index >= 15 is 0 Å². The van der Waals surface area contributed by atoms with Crippen LogP contribution in [0.2, 0.25) is 0 Å². The summed E-state index contributed by atoms with van der Waals surface area (Å²) >= 11 is 0. The molecule has 0 saturated carbocycles. The molecule has 0 aliphatic carbocycles. The Morgan fingerprint density at radius 1 is 1.00 bits per heavy atom. The van der Waals surface area contributed by atoms with Crippen molar-refractivity contribution in [2.75, 3.05) is 13.2 Å². The van der Waals surface area contributed by atoms with Gasteiger partial charge in [0.2, 0.25) is 11.2 Å². The van der Waals surface area contributed by atoms with E-state index in [1.165, 1.54) is 12.3 Å². The van der Waals surface area contributed by atoms with Crippen molar-refractivity contribution in [1.29, 1.82) is 0 Å². The molecule has 1 aromatic carbocycles. The van der Waals surface area contributed by atoms with E-state index in [4.69, 9.17) is 13.9 Å². The largest absolute Gasteiger partial charge is 0.494 e. The molecule has 0 bridgehead atoms. The van der Waals surface area contributed by atoms with Crippen LogP contribution in [0.5, 0.6) is 11.5 Å². The number of rotatable bonds is 7. The molecule has 0 radical (unpaired) electrons. The molecule has 0 amide bonds. The highest BCUT2D eigenvalue weighted by Crippen LogP contribution is 2.12. The highest BCUT2D eigenvalue weighted by Gasteiger charge is 2.05. The first-order valence-electron chi connectivity index (χ1n) is 6.66. The van der Waals surface area contributed by atoms with Crippen LogP contribution >= 0.6 is 0 Å². The normalized spacial score (nSPS) is 10.2. The third-order valence-electron chi connectivity index (χ3n) is 2.80. The van der Waals surface area contributed by atoms with Gasteiger partial charge in [-0.3, -0.25) is 4.79 Å². The molecule has 0 aliphatic heterocycles. The lowest BCUT2D eigenvalue weighted by Gasteiger charge is -2.08. The zero-order valence-electron chi connectivity index (χ0n) is 11.5. The average Bonchev–Trinajstić information content (AvgIpc) is 2.46. The maximum atomic E-state index is 11.5. The number of ether oxygens (including phenoxy) is 2. The maximum Gasteiger partial charge on any atom is 0.226 e. The van der Waals surface area contributed by atoms with Crippen LogP contribution in [0.25, 0.3) is 0 Å². The van der Waals surface area contributed by atoms with Gasteiger partial charge in [0.15, 0.2) is 0 Å². The predicted octanol–water partition coefficient (Wildman–Crippen LogP) is 3.19. The Morgan fingerprint density at radius 3 is 2.40 bits per heavy atom. The zero-order valence-corrected chi connectivity index (χ0v) is 11.5. The molecule has 4 nitrogen and oxygen atoms in total. The van der Waals surface area contributed by atoms with Crippen LogP contribution in [0.3, 0.4) is 0 Å². The lowest BCUT2D eigenvalue weighted by Crippen LogP contribution is -2.10. The van der Waals surface area contributed by atoms with Crippen LogP contribution in [0.15, 0.2) is 51.9 Å². The molecule has 1 aromatic heterocycles. The standard InChI is InChI=1S/C16H18O4/c1-13-16(15(17)9-12-18-13)20-11-6-5-10-19-14-7-3-2-4-8-14/h2-4,7-9,12H,5-6,10-11H2,1H3. The quantitative estimate of drug-likeness (QED) is 0.727. The van der Waals surface area contributed by atoms with Gasteiger partial charge in [0.05, 0.1) is 19.5 Å². The summed E-state index contributed by atoms with van der Waals surface area (Å²) in [6, 6.07) is 11.0. The fraction of sp³-hybridized carbons (Fsp3) is 0.312. The van der Waals surface area contributed by atoms with Crippen LogP contribution in [0.1, 0.15) is 18.6 Å². The van der Waals surface area contributed by atoms with E-state index in [1.54, 1.807) is 6.92 Å². The molecule has 4 heteroatoms. The van der Waals surface area contributed by atoms with E-state index in [1.807, 2.05) is 30.3 Å². The summed E-state index contributed by atoms with van der Waals surface area (Å²) in [7, 11) is 0. The molecule has 2 aromatic rings. The Kier molecular flexibility index (Phi) is 5.24. The van der Waals surface area contributed by atoms with Gasteiger partial charge < -0.3 is 13.9 Å². The van der Waals surface area contributed by atoms with Crippen molar-refractivity contribution in [2.45, 2.75) is 19.8 Å². The SMILES string of the molecule is Cc1occc(=O)c1OCCCCOc1ccccc1. The lowest BCUT2D eigenvalue weighted by atomic mass is 10.3. The summed E-state index contributed by atoms with van der Waals surface area (Å²) < 4.78 is 16.2. The summed E-state index contributed by atoms with van der Waals surface area (Å²) in [5.74, 6) is 1.68. The topological polar surface area (TPSA) is 48.7 Å². The van der Waals surface area contributed by atoms with Gasteiger partial charge in [-0.2, -0.15) is 0 Å². The van der Waals surface area contributed by atoms with Crippen molar-refractivity contribution >= 4 is 0 Å². The Labute approximate surface area is 118 Å². The number of benzene rings is 1. The van der Waals surface area contributed by atoms with Gasteiger partial charge >= 0.3 is 0 Å². The molecule has 0 N–H and O–H groups in total. The van der Waals surface area contributed by atoms with Gasteiger partial charge in [-0.05, 0) is 31.9 Å². The van der Waals surface area contributed by atoms with Crippen LogP contribution in [-0.4, -0.2) is 13.2 Å². The van der Waals surface area contributed by atoms with Crippen LogP contribution in [0, 0.1) is 6.92 Å². The Bertz CT molecular complexity index is 575. The highest BCUT2D eigenvalue weighted by atomic mass is 16.5. The van der Waals surface area contributed by atoms with Crippen molar-refractivity contribution < 1.29 is 13.9 Å². The van der Waals surface area contributed by atoms with Crippen LogP contribution < -0.4 is 14.9 Å². The smallest absolute Gasteiger partial charge is 0.226 e. The molecule has 0 unspecified atom stereocenters. The molecule has 0 spiro atoms. The first-order chi connectivity index (χ1) is 9.77. The number of unbranched alkanes of at least 4 members (excludes halogenated alkanes) is 1. The molecule has 20 heavy (non-hydrogen) atoms. The third-order valence-corrected chi connectivity index (χ3v) is 2.80. The second-order valence-electron chi connectivity index (χ2n) is 4.39. The molecular formula is C16H18O4. The van der Waals surface area contributed by atoms with E-state index in [0.29, 0.717) is 24.7 Å². The van der Waals surface area contributed by atoms with Crippen LogP contribution in [0.4, 0.5) is 0 Å². The van der Waals surface area contributed by atoms with Gasteiger partial charge in [0.1, 0.15) is 11.5 Å². The minimum absolute atomic E-state index is 0.144. The number of hydrogen-bond donors (Lipinski definition) is 0. The number of hydrogen-bond acceptors (Lipinski definition) is 4. The van der Waals surface area contributed by atoms with Crippen molar-refractivity contribution in [1.82, 2.24) is 0 Å². The molecule has 106 valence electrons. The fourth-order valence-electron chi connectivity index (χ4n) is 1.76. The molecule has 0 aliphatic rings. The van der Waals surface area contributed by atoms with Crippen molar-refractivity contribution in [3.05, 3.63) is 58.6 Å². The molecule has 0 fully saturated rings. The van der Waals surface area contributed by atoms with Crippen molar-refractivity contribution in [3.8, 4) is 11.5 Å². The average molecular weight is 274 g/mol. The number of aryl methyl sites for hydroxylation is 1. The van der Waals surface area contributed by atoms with E-state index in [2.05, 4.69) is 0 Å². The summed E-state index contributed by atoms with van der Waals surface area (Å²) in [4.78, 5) is 11.5. The van der Waals surface area contributed by atoms with Gasteiger partial charge in [-0.25, -0.2) is 0 Å². The van der Waals surface area contributed by atoms with E-state index in [0.717, 1.165) is 18.6 Å². The van der Waals surface area contributed by atoms with Gasteiger partial charge in [-0.1, -0.05) is 18.2 Å². The minimum atomic E-state index is -0.144. The Hall–Kier alpha value is -2.23. The van der Waals surface area contributed by atoms with E-state index in [9.17, 15) is 4.79 Å². The van der Waals surface area contributed by atoms with Crippen molar-refractivity contribution in [3.63, 3.8) is 0 Å². The monoisotopic (exact) mass is 274 g/mol.